The average molecular weight is 237 g/mol. The molecule has 1 unspecified atom stereocenters. The smallest absolute Gasteiger partial charge is 0.389 e. The van der Waals surface area contributed by atoms with E-state index in [1.807, 2.05) is 6.55 Å². The Labute approximate surface area is 89.6 Å². The molecule has 0 saturated carbocycles. The monoisotopic (exact) mass is 237 g/mol. The summed E-state index contributed by atoms with van der Waals surface area (Å²) in [5.41, 5.74) is 0. The molecule has 0 bridgehead atoms. The summed E-state index contributed by atoms with van der Waals surface area (Å²) in [4.78, 5) is 0. The van der Waals surface area contributed by atoms with Crippen molar-refractivity contribution in [2.24, 2.45) is 0 Å². The maximum Gasteiger partial charge on any atom is 0.389 e. The van der Waals surface area contributed by atoms with E-state index in [0.29, 0.717) is 0 Å². The molecular weight excluding hydrogens is 216 g/mol. The highest BCUT2D eigenvalue weighted by Crippen LogP contribution is 2.29. The topological polar surface area (TPSA) is 36.9 Å². The fourth-order valence-corrected chi connectivity index (χ4v) is 7.16. The molecule has 0 saturated heterocycles. The van der Waals surface area contributed by atoms with Crippen LogP contribution < -0.4 is 0 Å². The van der Waals surface area contributed by atoms with Crippen molar-refractivity contribution in [1.82, 2.24) is 0 Å². The molecule has 0 aliphatic carbocycles. The molecule has 0 amide bonds. The molecular formula is C8H21O4Si2. The lowest BCUT2D eigenvalue weighted by molar-refractivity contribution is 0.222. The molecule has 0 aromatic heterocycles. The zero-order valence-electron chi connectivity index (χ0n) is 9.92. The Balaban J connectivity index is 4.65. The van der Waals surface area contributed by atoms with Crippen molar-refractivity contribution in [1.29, 1.82) is 0 Å². The quantitative estimate of drug-likeness (QED) is 0.628. The minimum atomic E-state index is -2.14. The normalized spacial score (nSPS) is 14.8. The van der Waals surface area contributed by atoms with E-state index >= 15 is 0 Å². The third kappa shape index (κ3) is 3.14. The molecule has 0 aliphatic heterocycles. The molecule has 0 aromatic rings. The molecule has 0 fully saturated rings. The molecule has 14 heavy (non-hydrogen) atoms. The highest BCUT2D eigenvalue weighted by atomic mass is 28.4. The lowest BCUT2D eigenvalue weighted by Gasteiger charge is -2.33. The lowest BCUT2D eigenvalue weighted by atomic mass is 10.6. The van der Waals surface area contributed by atoms with E-state index < -0.39 is 17.8 Å². The Morgan fingerprint density at radius 1 is 1.07 bits per heavy atom. The predicted octanol–water partition coefficient (Wildman–Crippen LogP) is 1.45. The Morgan fingerprint density at radius 2 is 1.50 bits per heavy atom. The maximum atomic E-state index is 5.51. The van der Waals surface area contributed by atoms with Crippen molar-refractivity contribution in [3.05, 3.63) is 0 Å². The molecule has 0 spiro atoms. The van der Waals surface area contributed by atoms with Crippen LogP contribution in [0, 0.1) is 0 Å². The molecule has 1 radical (unpaired) electrons. The van der Waals surface area contributed by atoms with E-state index in [1.165, 1.54) is 0 Å². The van der Waals surface area contributed by atoms with Crippen molar-refractivity contribution in [3.63, 3.8) is 0 Å². The highest BCUT2D eigenvalue weighted by molar-refractivity contribution is 6.79. The Bertz CT molecular complexity index is 148. The number of hydrogen-bond acceptors (Lipinski definition) is 4. The van der Waals surface area contributed by atoms with Crippen LogP contribution in [0.3, 0.4) is 0 Å². The van der Waals surface area contributed by atoms with Gasteiger partial charge in [-0.2, -0.15) is 0 Å². The maximum absolute atomic E-state index is 5.51. The Morgan fingerprint density at radius 3 is 1.71 bits per heavy atom. The molecule has 85 valence electrons. The SMILES string of the molecule is CCC([Si](OC)OC)[Si](C)(OC)OC. The van der Waals surface area contributed by atoms with Crippen LogP contribution in [0.1, 0.15) is 13.3 Å². The van der Waals surface area contributed by atoms with Gasteiger partial charge in [0.25, 0.3) is 0 Å². The van der Waals surface area contributed by atoms with Crippen LogP contribution in [0.15, 0.2) is 0 Å². The number of hydrogen-bond donors (Lipinski definition) is 0. The van der Waals surface area contributed by atoms with Crippen molar-refractivity contribution in [2.75, 3.05) is 28.4 Å². The van der Waals surface area contributed by atoms with Crippen LogP contribution in [0.4, 0.5) is 0 Å². The van der Waals surface area contributed by atoms with Crippen molar-refractivity contribution in [2.45, 2.75) is 25.1 Å². The van der Waals surface area contributed by atoms with E-state index in [9.17, 15) is 0 Å². The van der Waals surface area contributed by atoms with E-state index in [2.05, 4.69) is 6.92 Å². The van der Waals surface area contributed by atoms with E-state index in [4.69, 9.17) is 17.7 Å². The fraction of sp³-hybridized carbons (Fsp3) is 1.00. The van der Waals surface area contributed by atoms with Gasteiger partial charge in [0, 0.05) is 33.6 Å². The lowest BCUT2D eigenvalue weighted by Crippen LogP contribution is -2.49. The summed E-state index contributed by atoms with van der Waals surface area (Å²) in [5.74, 6) is 0. The number of rotatable bonds is 7. The first-order valence-corrected chi connectivity index (χ1v) is 8.43. The van der Waals surface area contributed by atoms with Gasteiger partial charge in [-0.15, -0.1) is 0 Å². The van der Waals surface area contributed by atoms with Crippen molar-refractivity contribution in [3.8, 4) is 0 Å². The molecule has 1 atom stereocenters. The summed E-state index contributed by atoms with van der Waals surface area (Å²) >= 11 is 0. The molecule has 0 N–H and O–H groups in total. The summed E-state index contributed by atoms with van der Waals surface area (Å²) in [6.07, 6.45) is 0.959. The summed E-state index contributed by atoms with van der Waals surface area (Å²) in [6.45, 7) is 4.15. The third-order valence-corrected chi connectivity index (χ3v) is 9.90. The summed E-state index contributed by atoms with van der Waals surface area (Å²) < 4.78 is 21.7. The van der Waals surface area contributed by atoms with Gasteiger partial charge in [0.05, 0.1) is 0 Å². The molecule has 0 heterocycles. The van der Waals surface area contributed by atoms with Gasteiger partial charge in [-0.05, 0) is 13.0 Å². The average Bonchev–Trinajstić information content (AvgIpc) is 2.24. The van der Waals surface area contributed by atoms with Crippen LogP contribution in [-0.4, -0.2) is 46.3 Å². The zero-order chi connectivity index (χ0) is 11.2. The van der Waals surface area contributed by atoms with Crippen LogP contribution in [0.25, 0.3) is 0 Å². The van der Waals surface area contributed by atoms with E-state index in [1.54, 1.807) is 28.4 Å². The minimum absolute atomic E-state index is 0.275. The van der Waals surface area contributed by atoms with Gasteiger partial charge in [0.15, 0.2) is 0 Å². The zero-order valence-corrected chi connectivity index (χ0v) is 11.9. The van der Waals surface area contributed by atoms with Gasteiger partial charge in [-0.1, -0.05) is 6.92 Å². The second-order valence-corrected chi connectivity index (χ2v) is 9.39. The summed E-state index contributed by atoms with van der Waals surface area (Å²) in [5, 5.41) is 0.275. The Hall–Kier alpha value is 0.274. The highest BCUT2D eigenvalue weighted by Gasteiger charge is 2.46. The predicted molar refractivity (Wildman–Crippen MR) is 59.4 cm³/mol. The van der Waals surface area contributed by atoms with Crippen molar-refractivity contribution >= 4 is 17.8 Å². The standard InChI is InChI=1S/C8H21O4Si2/c1-7-8(13(9-2)10-3)14(6,11-4)12-5/h8H,7H2,1-6H3. The van der Waals surface area contributed by atoms with Gasteiger partial charge in [-0.3, -0.25) is 0 Å². The van der Waals surface area contributed by atoms with Gasteiger partial charge in [0.2, 0.25) is 0 Å². The van der Waals surface area contributed by atoms with Crippen molar-refractivity contribution < 1.29 is 17.7 Å². The summed E-state index contributed by atoms with van der Waals surface area (Å²) in [6, 6.07) is 0. The molecule has 0 aliphatic rings. The van der Waals surface area contributed by atoms with Crippen LogP contribution in [0.5, 0.6) is 0 Å². The molecule has 4 nitrogen and oxygen atoms in total. The van der Waals surface area contributed by atoms with E-state index in [-0.39, 0.29) is 5.16 Å². The molecule has 6 heteroatoms. The fourth-order valence-electron chi connectivity index (χ4n) is 1.49. The second kappa shape index (κ2) is 6.70. The minimum Gasteiger partial charge on any atom is -0.398 e. The van der Waals surface area contributed by atoms with Gasteiger partial charge in [0.1, 0.15) is 0 Å². The van der Waals surface area contributed by atoms with Crippen LogP contribution >= 0.6 is 0 Å². The van der Waals surface area contributed by atoms with Gasteiger partial charge < -0.3 is 17.7 Å². The first-order valence-electron chi connectivity index (χ1n) is 4.64. The van der Waals surface area contributed by atoms with Crippen LogP contribution in [-0.2, 0) is 17.7 Å². The third-order valence-electron chi connectivity index (χ3n) is 2.54. The van der Waals surface area contributed by atoms with Crippen LogP contribution in [0.2, 0.25) is 11.7 Å². The second-order valence-electron chi connectivity index (χ2n) is 3.11. The first kappa shape index (κ1) is 14.3. The largest absolute Gasteiger partial charge is 0.398 e. The molecule has 0 rings (SSSR count). The Kier molecular flexibility index (Phi) is 6.83. The first-order chi connectivity index (χ1) is 6.59. The molecule has 0 aromatic carbocycles. The summed E-state index contributed by atoms with van der Waals surface area (Å²) in [7, 11) is 3.34. The van der Waals surface area contributed by atoms with Gasteiger partial charge >= 0.3 is 17.8 Å². The van der Waals surface area contributed by atoms with Gasteiger partial charge in [-0.25, -0.2) is 0 Å². The van der Waals surface area contributed by atoms with E-state index in [0.717, 1.165) is 6.42 Å².